The molecule has 0 unspecified atom stereocenters. The van der Waals surface area contributed by atoms with E-state index in [0.29, 0.717) is 26.0 Å². The summed E-state index contributed by atoms with van der Waals surface area (Å²) >= 11 is 9.68. The van der Waals surface area contributed by atoms with Gasteiger partial charge >= 0.3 is 0 Å². The maximum absolute atomic E-state index is 14.9. The molecule has 0 fully saturated rings. The highest BCUT2D eigenvalue weighted by Gasteiger charge is 2.43. The van der Waals surface area contributed by atoms with Gasteiger partial charge in [0, 0.05) is 21.6 Å². The molecule has 5 rings (SSSR count). The predicted molar refractivity (Wildman–Crippen MR) is 120 cm³/mol. The van der Waals surface area contributed by atoms with E-state index in [2.05, 4.69) is 15.9 Å². The summed E-state index contributed by atoms with van der Waals surface area (Å²) in [6.07, 6.45) is 0. The van der Waals surface area contributed by atoms with E-state index in [4.69, 9.17) is 16.0 Å². The molecule has 4 aromatic rings. The minimum absolute atomic E-state index is 0.0693. The molecule has 2 heterocycles. The molecule has 1 amide bonds. The highest BCUT2D eigenvalue weighted by Crippen LogP contribution is 2.40. The van der Waals surface area contributed by atoms with Gasteiger partial charge in [-0.15, -0.1) is 0 Å². The molecule has 1 aliphatic rings. The topological polar surface area (TPSA) is 50.5 Å². The van der Waals surface area contributed by atoms with Crippen LogP contribution in [-0.4, -0.2) is 10.8 Å². The van der Waals surface area contributed by atoms with Crippen LogP contribution in [0, 0.1) is 5.82 Å². The lowest BCUT2D eigenvalue weighted by molar-refractivity contribution is 0.0712. The van der Waals surface area contributed by atoms with E-state index in [1.54, 1.807) is 54.6 Å². The van der Waals surface area contributed by atoms with Crippen molar-refractivity contribution in [2.75, 3.05) is 0 Å². The monoisotopic (exact) mass is 497 g/mol. The van der Waals surface area contributed by atoms with Crippen molar-refractivity contribution in [2.24, 2.45) is 0 Å². The molecule has 0 radical (unpaired) electrons. The summed E-state index contributed by atoms with van der Waals surface area (Å²) in [5.41, 5.74) is 0.982. The lowest BCUT2D eigenvalue weighted by Gasteiger charge is -2.26. The summed E-state index contributed by atoms with van der Waals surface area (Å²) in [4.78, 5) is 28.3. The predicted octanol–water partition coefficient (Wildman–Crippen LogP) is 6.09. The molecule has 1 aliphatic heterocycles. The van der Waals surface area contributed by atoms with Crippen molar-refractivity contribution in [3.63, 3.8) is 0 Å². The molecule has 1 aromatic heterocycles. The molecule has 154 valence electrons. The second-order valence-electron chi connectivity index (χ2n) is 7.26. The van der Waals surface area contributed by atoms with Crippen molar-refractivity contribution in [2.45, 2.75) is 12.6 Å². The molecule has 0 saturated heterocycles. The molecule has 0 N–H and O–H groups in total. The summed E-state index contributed by atoms with van der Waals surface area (Å²) in [7, 11) is 0. The number of hydrogen-bond acceptors (Lipinski definition) is 3. The molecule has 0 aliphatic carbocycles. The van der Waals surface area contributed by atoms with Crippen LogP contribution in [0.15, 0.2) is 80.4 Å². The second kappa shape index (κ2) is 7.62. The molecule has 7 heteroatoms. The number of halogens is 3. The standard InChI is InChI=1S/C24H14BrClFNO3/c25-14-9-10-19-16(11-14)22(29)20-21(15-6-2-4-8-18(15)27)28(24(30)23(20)31-19)12-13-5-1-3-7-17(13)26/h1-11,21H,12H2/t21-/m0/s1. The summed E-state index contributed by atoms with van der Waals surface area (Å²) in [5.74, 6) is -1.06. The van der Waals surface area contributed by atoms with Crippen LogP contribution in [0.1, 0.15) is 33.3 Å². The summed E-state index contributed by atoms with van der Waals surface area (Å²) in [6, 6.07) is 17.3. The first-order valence-electron chi connectivity index (χ1n) is 9.51. The van der Waals surface area contributed by atoms with E-state index in [-0.39, 0.29) is 28.9 Å². The van der Waals surface area contributed by atoms with Crippen LogP contribution in [0.3, 0.4) is 0 Å². The van der Waals surface area contributed by atoms with E-state index in [9.17, 15) is 14.0 Å². The van der Waals surface area contributed by atoms with Crippen LogP contribution < -0.4 is 5.43 Å². The zero-order chi connectivity index (χ0) is 21.7. The number of benzene rings is 3. The fourth-order valence-corrected chi connectivity index (χ4v) is 4.54. The number of hydrogen-bond donors (Lipinski definition) is 0. The van der Waals surface area contributed by atoms with Gasteiger partial charge in [-0.25, -0.2) is 4.39 Å². The average Bonchev–Trinajstić information content (AvgIpc) is 3.03. The third-order valence-electron chi connectivity index (χ3n) is 5.43. The molecule has 31 heavy (non-hydrogen) atoms. The minimum atomic E-state index is -0.931. The lowest BCUT2D eigenvalue weighted by Crippen LogP contribution is -2.30. The van der Waals surface area contributed by atoms with E-state index in [1.807, 2.05) is 6.07 Å². The quantitative estimate of drug-likeness (QED) is 0.343. The maximum atomic E-state index is 14.9. The molecule has 4 nitrogen and oxygen atoms in total. The Morgan fingerprint density at radius 2 is 1.77 bits per heavy atom. The summed E-state index contributed by atoms with van der Waals surface area (Å²) in [6.45, 7) is 0.0984. The Bertz CT molecular complexity index is 1420. The Hall–Kier alpha value is -2.96. The van der Waals surface area contributed by atoms with Crippen molar-refractivity contribution in [3.05, 3.63) is 115 Å². The van der Waals surface area contributed by atoms with Gasteiger partial charge in [0.1, 0.15) is 11.4 Å². The largest absolute Gasteiger partial charge is 0.450 e. The normalized spacial score (nSPS) is 15.5. The van der Waals surface area contributed by atoms with Crippen molar-refractivity contribution in [1.29, 1.82) is 0 Å². The number of carbonyl (C=O) groups excluding carboxylic acids is 1. The second-order valence-corrected chi connectivity index (χ2v) is 8.59. The lowest BCUT2D eigenvalue weighted by atomic mass is 9.98. The fourth-order valence-electron chi connectivity index (χ4n) is 3.99. The van der Waals surface area contributed by atoms with Gasteiger partial charge in [0.2, 0.25) is 5.76 Å². The Balaban J connectivity index is 1.77. The average molecular weight is 499 g/mol. The Kier molecular flexibility index (Phi) is 4.91. The van der Waals surface area contributed by atoms with Gasteiger partial charge in [0.25, 0.3) is 5.91 Å². The van der Waals surface area contributed by atoms with Gasteiger partial charge in [-0.2, -0.15) is 0 Å². The van der Waals surface area contributed by atoms with Gasteiger partial charge in [0.05, 0.1) is 17.0 Å². The Morgan fingerprint density at radius 1 is 1.03 bits per heavy atom. The SMILES string of the molecule is O=C1c2oc3ccc(Br)cc3c(=O)c2[C@H](c2ccccc2F)N1Cc1ccccc1Cl. The maximum Gasteiger partial charge on any atom is 0.291 e. The third-order valence-corrected chi connectivity index (χ3v) is 6.29. The summed E-state index contributed by atoms with van der Waals surface area (Å²) in [5, 5.41) is 0.800. The highest BCUT2D eigenvalue weighted by atomic mass is 79.9. The number of rotatable bonds is 3. The molecule has 1 atom stereocenters. The molecular weight excluding hydrogens is 485 g/mol. The number of fused-ring (bicyclic) bond motifs is 2. The van der Waals surface area contributed by atoms with Crippen LogP contribution >= 0.6 is 27.5 Å². The van der Waals surface area contributed by atoms with Gasteiger partial charge in [-0.05, 0) is 35.9 Å². The first-order valence-corrected chi connectivity index (χ1v) is 10.7. The molecule has 0 spiro atoms. The number of nitrogens with zero attached hydrogens (tertiary/aromatic N) is 1. The van der Waals surface area contributed by atoms with Crippen LogP contribution in [0.25, 0.3) is 11.0 Å². The van der Waals surface area contributed by atoms with E-state index >= 15 is 0 Å². The van der Waals surface area contributed by atoms with E-state index in [0.717, 1.165) is 0 Å². The van der Waals surface area contributed by atoms with Gasteiger partial charge < -0.3 is 9.32 Å². The van der Waals surface area contributed by atoms with Gasteiger partial charge in [-0.3, -0.25) is 9.59 Å². The Labute approximate surface area is 190 Å². The number of amides is 1. The van der Waals surface area contributed by atoms with Crippen LogP contribution in [0.4, 0.5) is 4.39 Å². The van der Waals surface area contributed by atoms with Crippen LogP contribution in [0.5, 0.6) is 0 Å². The first kappa shape index (κ1) is 20.0. The molecule has 0 saturated carbocycles. The van der Waals surface area contributed by atoms with E-state index in [1.165, 1.54) is 11.0 Å². The smallest absolute Gasteiger partial charge is 0.291 e. The van der Waals surface area contributed by atoms with Crippen molar-refractivity contribution in [3.8, 4) is 0 Å². The third kappa shape index (κ3) is 3.27. The molecule has 0 bridgehead atoms. The van der Waals surface area contributed by atoms with Crippen molar-refractivity contribution in [1.82, 2.24) is 4.90 Å². The van der Waals surface area contributed by atoms with Gasteiger partial charge in [0.15, 0.2) is 5.43 Å². The number of carbonyl (C=O) groups is 1. The van der Waals surface area contributed by atoms with Crippen LogP contribution in [-0.2, 0) is 6.54 Å². The zero-order valence-corrected chi connectivity index (χ0v) is 18.3. The highest BCUT2D eigenvalue weighted by molar-refractivity contribution is 9.10. The van der Waals surface area contributed by atoms with Crippen LogP contribution in [0.2, 0.25) is 5.02 Å². The molecular formula is C24H14BrClFNO3. The minimum Gasteiger partial charge on any atom is -0.450 e. The summed E-state index contributed by atoms with van der Waals surface area (Å²) < 4.78 is 21.4. The van der Waals surface area contributed by atoms with E-state index < -0.39 is 17.8 Å². The van der Waals surface area contributed by atoms with Crippen molar-refractivity contribution >= 4 is 44.4 Å². The van der Waals surface area contributed by atoms with Gasteiger partial charge in [-0.1, -0.05) is 63.9 Å². The first-order chi connectivity index (χ1) is 15.0. The zero-order valence-electron chi connectivity index (χ0n) is 15.9. The fraction of sp³-hybridized carbons (Fsp3) is 0.0833. The molecule has 3 aromatic carbocycles. The Morgan fingerprint density at radius 3 is 2.55 bits per heavy atom. The van der Waals surface area contributed by atoms with Crippen molar-refractivity contribution < 1.29 is 13.6 Å².